The Morgan fingerprint density at radius 3 is 2.41 bits per heavy atom. The first-order chi connectivity index (χ1) is 12.6. The van der Waals surface area contributed by atoms with Gasteiger partial charge in [0.05, 0.1) is 10.9 Å². The number of nitrogens with zero attached hydrogens (tertiary/aromatic N) is 2. The van der Waals surface area contributed by atoms with Crippen molar-refractivity contribution in [2.24, 2.45) is 0 Å². The second kappa shape index (κ2) is 8.84. The van der Waals surface area contributed by atoms with Crippen LogP contribution in [0.3, 0.4) is 0 Å². The van der Waals surface area contributed by atoms with Gasteiger partial charge in [0.15, 0.2) is 0 Å². The Balaban J connectivity index is 2.09. The Morgan fingerprint density at radius 1 is 1.11 bits per heavy atom. The number of likely N-dealkylation sites (N-methyl/N-ethyl adjacent to an activating group) is 1. The van der Waals surface area contributed by atoms with Gasteiger partial charge in [-0.15, -0.1) is 0 Å². The van der Waals surface area contributed by atoms with E-state index in [9.17, 15) is 13.2 Å². The maximum atomic E-state index is 12.6. The number of hydrogen-bond acceptors (Lipinski definition) is 4. The second-order valence-electron chi connectivity index (χ2n) is 6.49. The van der Waals surface area contributed by atoms with E-state index in [1.54, 1.807) is 19.1 Å². The van der Waals surface area contributed by atoms with E-state index in [-0.39, 0.29) is 10.8 Å². The SMILES string of the molecule is CC(C(=O)Nc1cccc(S(=O)(=O)N(C)C)c1)N(C)Cc1ccccc1Cl. The lowest BCUT2D eigenvalue weighted by molar-refractivity contribution is -0.120. The zero-order valence-corrected chi connectivity index (χ0v) is 17.4. The highest BCUT2D eigenvalue weighted by Crippen LogP contribution is 2.20. The normalized spacial score (nSPS) is 13.0. The summed E-state index contributed by atoms with van der Waals surface area (Å²) in [5.41, 5.74) is 1.36. The second-order valence-corrected chi connectivity index (χ2v) is 9.05. The molecule has 1 amide bonds. The minimum Gasteiger partial charge on any atom is -0.325 e. The number of carbonyl (C=O) groups excluding carboxylic acids is 1. The Kier molecular flexibility index (Phi) is 7.00. The quantitative estimate of drug-likeness (QED) is 0.763. The number of halogens is 1. The van der Waals surface area contributed by atoms with Gasteiger partial charge in [-0.2, -0.15) is 0 Å². The Labute approximate surface area is 165 Å². The summed E-state index contributed by atoms with van der Waals surface area (Å²) in [5, 5.41) is 3.43. The molecule has 2 aromatic rings. The molecule has 0 aromatic heterocycles. The number of amides is 1. The predicted molar refractivity (Wildman–Crippen MR) is 108 cm³/mol. The minimum atomic E-state index is -3.56. The molecule has 0 aliphatic heterocycles. The lowest BCUT2D eigenvalue weighted by Crippen LogP contribution is -2.39. The highest BCUT2D eigenvalue weighted by atomic mass is 35.5. The van der Waals surface area contributed by atoms with E-state index in [0.29, 0.717) is 17.3 Å². The number of sulfonamides is 1. The monoisotopic (exact) mass is 409 g/mol. The maximum absolute atomic E-state index is 12.6. The molecule has 6 nitrogen and oxygen atoms in total. The largest absolute Gasteiger partial charge is 0.325 e. The summed E-state index contributed by atoms with van der Waals surface area (Å²) >= 11 is 6.18. The van der Waals surface area contributed by atoms with Crippen molar-refractivity contribution in [2.75, 3.05) is 26.5 Å². The van der Waals surface area contributed by atoms with Crippen molar-refractivity contribution >= 4 is 33.2 Å². The molecule has 0 aliphatic rings. The van der Waals surface area contributed by atoms with E-state index in [1.807, 2.05) is 36.2 Å². The van der Waals surface area contributed by atoms with Gasteiger partial charge in [0.25, 0.3) is 0 Å². The summed E-state index contributed by atoms with van der Waals surface area (Å²) in [4.78, 5) is 14.6. The molecule has 0 radical (unpaired) electrons. The Morgan fingerprint density at radius 2 is 1.78 bits per heavy atom. The van der Waals surface area contributed by atoms with Crippen molar-refractivity contribution in [3.63, 3.8) is 0 Å². The molecule has 0 heterocycles. The fourth-order valence-electron chi connectivity index (χ4n) is 2.42. The molecular weight excluding hydrogens is 386 g/mol. The van der Waals surface area contributed by atoms with E-state index < -0.39 is 16.1 Å². The zero-order chi connectivity index (χ0) is 20.2. The van der Waals surface area contributed by atoms with Crippen LogP contribution in [0.25, 0.3) is 0 Å². The number of rotatable bonds is 7. The molecule has 1 N–H and O–H groups in total. The molecule has 8 heteroatoms. The molecule has 0 fully saturated rings. The van der Waals surface area contributed by atoms with Gasteiger partial charge in [-0.05, 0) is 43.8 Å². The molecular formula is C19H24ClN3O3S. The van der Waals surface area contributed by atoms with Crippen LogP contribution in [-0.4, -0.2) is 50.7 Å². The van der Waals surface area contributed by atoms with Crippen LogP contribution in [0, 0.1) is 0 Å². The summed E-state index contributed by atoms with van der Waals surface area (Å²) in [6, 6.07) is 13.3. The van der Waals surface area contributed by atoms with Crippen molar-refractivity contribution in [1.82, 2.24) is 9.21 Å². The van der Waals surface area contributed by atoms with Gasteiger partial charge in [-0.25, -0.2) is 12.7 Å². The van der Waals surface area contributed by atoms with E-state index in [2.05, 4.69) is 5.32 Å². The molecule has 0 saturated carbocycles. The van der Waals surface area contributed by atoms with Crippen LogP contribution in [0.5, 0.6) is 0 Å². The molecule has 1 atom stereocenters. The smallest absolute Gasteiger partial charge is 0.242 e. The van der Waals surface area contributed by atoms with E-state index in [1.165, 1.54) is 26.2 Å². The molecule has 0 saturated heterocycles. The number of benzene rings is 2. The topological polar surface area (TPSA) is 69.7 Å². The van der Waals surface area contributed by atoms with Crippen molar-refractivity contribution < 1.29 is 13.2 Å². The van der Waals surface area contributed by atoms with Gasteiger partial charge in [-0.1, -0.05) is 35.9 Å². The fraction of sp³-hybridized carbons (Fsp3) is 0.316. The summed E-state index contributed by atoms with van der Waals surface area (Å²) in [7, 11) is 1.20. The van der Waals surface area contributed by atoms with Crippen LogP contribution in [0.4, 0.5) is 5.69 Å². The first-order valence-corrected chi connectivity index (χ1v) is 10.2. The van der Waals surface area contributed by atoms with Gasteiger partial charge in [0.1, 0.15) is 0 Å². The number of anilines is 1. The Bertz CT molecular complexity index is 916. The summed E-state index contributed by atoms with van der Waals surface area (Å²) in [6.45, 7) is 2.30. The molecule has 0 spiro atoms. The average molecular weight is 410 g/mol. The zero-order valence-electron chi connectivity index (χ0n) is 15.8. The third kappa shape index (κ3) is 5.29. The van der Waals surface area contributed by atoms with Gasteiger partial charge >= 0.3 is 0 Å². The molecule has 146 valence electrons. The third-order valence-electron chi connectivity index (χ3n) is 4.30. The lowest BCUT2D eigenvalue weighted by atomic mass is 10.2. The lowest BCUT2D eigenvalue weighted by Gasteiger charge is -2.24. The minimum absolute atomic E-state index is 0.127. The number of carbonyl (C=O) groups is 1. The van der Waals surface area contributed by atoms with E-state index >= 15 is 0 Å². The van der Waals surface area contributed by atoms with Crippen molar-refractivity contribution in [2.45, 2.75) is 24.4 Å². The van der Waals surface area contributed by atoms with Crippen LogP contribution < -0.4 is 5.32 Å². The van der Waals surface area contributed by atoms with Gasteiger partial charge in [0.2, 0.25) is 15.9 Å². The molecule has 0 aliphatic carbocycles. The summed E-state index contributed by atoms with van der Waals surface area (Å²) in [5.74, 6) is -0.232. The predicted octanol–water partition coefficient (Wildman–Crippen LogP) is 3.05. The number of nitrogens with one attached hydrogen (secondary N) is 1. The van der Waals surface area contributed by atoms with Crippen LogP contribution in [-0.2, 0) is 21.4 Å². The highest BCUT2D eigenvalue weighted by molar-refractivity contribution is 7.89. The molecule has 0 bridgehead atoms. The van der Waals surface area contributed by atoms with Crippen molar-refractivity contribution in [3.8, 4) is 0 Å². The first kappa shape index (κ1) is 21.4. The molecule has 2 rings (SSSR count). The maximum Gasteiger partial charge on any atom is 0.242 e. The van der Waals surface area contributed by atoms with Crippen LogP contribution >= 0.6 is 11.6 Å². The molecule has 2 aromatic carbocycles. The van der Waals surface area contributed by atoms with E-state index in [4.69, 9.17) is 11.6 Å². The van der Waals surface area contributed by atoms with E-state index in [0.717, 1.165) is 9.87 Å². The van der Waals surface area contributed by atoms with Crippen molar-refractivity contribution in [1.29, 1.82) is 0 Å². The highest BCUT2D eigenvalue weighted by Gasteiger charge is 2.21. The Hall–Kier alpha value is -1.93. The fourth-order valence-corrected chi connectivity index (χ4v) is 3.57. The van der Waals surface area contributed by atoms with Gasteiger partial charge < -0.3 is 5.32 Å². The standard InChI is InChI=1S/C19H24ClN3O3S/c1-14(23(4)13-15-8-5-6-11-18(15)20)19(24)21-16-9-7-10-17(12-16)27(25,26)22(2)3/h5-12,14H,13H2,1-4H3,(H,21,24). The summed E-state index contributed by atoms with van der Waals surface area (Å²) in [6.07, 6.45) is 0. The number of hydrogen-bond donors (Lipinski definition) is 1. The van der Waals surface area contributed by atoms with Crippen LogP contribution in [0.1, 0.15) is 12.5 Å². The van der Waals surface area contributed by atoms with Crippen LogP contribution in [0.2, 0.25) is 5.02 Å². The molecule has 1 unspecified atom stereocenters. The first-order valence-electron chi connectivity index (χ1n) is 8.40. The van der Waals surface area contributed by atoms with Gasteiger partial charge in [0, 0.05) is 31.4 Å². The third-order valence-corrected chi connectivity index (χ3v) is 6.48. The molecule has 27 heavy (non-hydrogen) atoms. The average Bonchev–Trinajstić information content (AvgIpc) is 2.63. The van der Waals surface area contributed by atoms with Crippen molar-refractivity contribution in [3.05, 3.63) is 59.1 Å². The van der Waals surface area contributed by atoms with Gasteiger partial charge in [-0.3, -0.25) is 9.69 Å². The summed E-state index contributed by atoms with van der Waals surface area (Å²) < 4.78 is 25.6. The van der Waals surface area contributed by atoms with Crippen LogP contribution in [0.15, 0.2) is 53.4 Å².